The van der Waals surface area contributed by atoms with Gasteiger partial charge in [-0.3, -0.25) is 4.79 Å². The number of benzene rings is 1. The molecular weight excluding hydrogens is 344 g/mol. The molecule has 0 aliphatic carbocycles. The molecule has 2 aromatic heterocycles. The molecule has 7 nitrogen and oxygen atoms in total. The summed E-state index contributed by atoms with van der Waals surface area (Å²) >= 11 is 0. The van der Waals surface area contributed by atoms with E-state index in [1.165, 1.54) is 0 Å². The van der Waals surface area contributed by atoms with Crippen LogP contribution in [0.2, 0.25) is 0 Å². The molecule has 4 heterocycles. The van der Waals surface area contributed by atoms with Gasteiger partial charge in [0.15, 0.2) is 17.1 Å². The predicted octanol–water partition coefficient (Wildman–Crippen LogP) is 2.81. The minimum absolute atomic E-state index is 0.0214. The predicted molar refractivity (Wildman–Crippen MR) is 99.0 cm³/mol. The maximum Gasteiger partial charge on any atom is 0.254 e. The summed E-state index contributed by atoms with van der Waals surface area (Å²) in [5.74, 6) is 2.59. The number of aryl methyl sites for hydroxylation is 1. The first kappa shape index (κ1) is 16.1. The Morgan fingerprint density at radius 1 is 1.26 bits per heavy atom. The van der Waals surface area contributed by atoms with Gasteiger partial charge in [0.2, 0.25) is 6.79 Å². The van der Waals surface area contributed by atoms with Crippen molar-refractivity contribution in [2.24, 2.45) is 0 Å². The lowest BCUT2D eigenvalue weighted by molar-refractivity contribution is 0.0790. The van der Waals surface area contributed by atoms with Crippen LogP contribution in [0.15, 0.2) is 36.5 Å². The summed E-state index contributed by atoms with van der Waals surface area (Å²) in [6.07, 6.45) is 2.70. The third kappa shape index (κ3) is 2.61. The number of ether oxygens (including phenoxy) is 2. The SMILES string of the molecule is CCn1c([C@H]2CCN(C(=O)c3ccc4c(c3)OCO4)C2)nc2cccnc21. The van der Waals surface area contributed by atoms with Gasteiger partial charge in [-0.25, -0.2) is 9.97 Å². The van der Waals surface area contributed by atoms with E-state index in [0.29, 0.717) is 23.6 Å². The largest absolute Gasteiger partial charge is 0.454 e. The van der Waals surface area contributed by atoms with Crippen LogP contribution in [0, 0.1) is 0 Å². The van der Waals surface area contributed by atoms with E-state index in [9.17, 15) is 4.79 Å². The number of pyridine rings is 1. The first-order valence-corrected chi connectivity index (χ1v) is 9.24. The van der Waals surface area contributed by atoms with Gasteiger partial charge >= 0.3 is 0 Å². The van der Waals surface area contributed by atoms with Crippen LogP contribution in [-0.4, -0.2) is 45.2 Å². The molecule has 5 rings (SSSR count). The van der Waals surface area contributed by atoms with Gasteiger partial charge in [-0.05, 0) is 43.7 Å². The molecule has 7 heteroatoms. The third-order valence-corrected chi connectivity index (χ3v) is 5.31. The van der Waals surface area contributed by atoms with Gasteiger partial charge in [-0.2, -0.15) is 0 Å². The second kappa shape index (κ2) is 6.26. The number of carbonyl (C=O) groups excluding carboxylic acids is 1. The maximum atomic E-state index is 12.9. The fourth-order valence-electron chi connectivity index (χ4n) is 3.97. The number of carbonyl (C=O) groups is 1. The smallest absolute Gasteiger partial charge is 0.254 e. The maximum absolute atomic E-state index is 12.9. The summed E-state index contributed by atoms with van der Waals surface area (Å²) in [6, 6.07) is 9.26. The molecular formula is C20H20N4O3. The van der Waals surface area contributed by atoms with Crippen molar-refractivity contribution in [3.63, 3.8) is 0 Å². The molecule has 2 aliphatic rings. The monoisotopic (exact) mass is 364 g/mol. The second-order valence-corrected chi connectivity index (χ2v) is 6.87. The normalized spacial score (nSPS) is 18.4. The van der Waals surface area contributed by atoms with Gasteiger partial charge in [0.25, 0.3) is 5.91 Å². The zero-order valence-electron chi connectivity index (χ0n) is 15.1. The van der Waals surface area contributed by atoms with E-state index < -0.39 is 0 Å². The quantitative estimate of drug-likeness (QED) is 0.715. The highest BCUT2D eigenvalue weighted by Gasteiger charge is 2.32. The molecule has 1 fully saturated rings. The Morgan fingerprint density at radius 2 is 2.15 bits per heavy atom. The van der Waals surface area contributed by atoms with Gasteiger partial charge in [0, 0.05) is 37.3 Å². The average Bonchev–Trinajstić information content (AvgIpc) is 3.43. The highest BCUT2D eigenvalue weighted by Crippen LogP contribution is 2.34. The van der Waals surface area contributed by atoms with E-state index in [0.717, 1.165) is 36.5 Å². The molecule has 1 amide bonds. The summed E-state index contributed by atoms with van der Waals surface area (Å²) < 4.78 is 12.9. The first-order chi connectivity index (χ1) is 13.2. The van der Waals surface area contributed by atoms with Crippen molar-refractivity contribution in [3.05, 3.63) is 47.9 Å². The number of imidazole rings is 1. The Balaban J connectivity index is 1.39. The highest BCUT2D eigenvalue weighted by atomic mass is 16.7. The van der Waals surface area contributed by atoms with Gasteiger partial charge in [0.1, 0.15) is 11.3 Å². The fourth-order valence-corrected chi connectivity index (χ4v) is 3.97. The molecule has 2 aliphatic heterocycles. The Bertz CT molecular complexity index is 1030. The first-order valence-electron chi connectivity index (χ1n) is 9.24. The number of likely N-dealkylation sites (tertiary alicyclic amines) is 1. The molecule has 0 radical (unpaired) electrons. The third-order valence-electron chi connectivity index (χ3n) is 5.31. The van der Waals surface area contributed by atoms with Crippen LogP contribution in [0.4, 0.5) is 0 Å². The lowest BCUT2D eigenvalue weighted by Crippen LogP contribution is -2.28. The average molecular weight is 364 g/mol. The summed E-state index contributed by atoms with van der Waals surface area (Å²) in [5.41, 5.74) is 2.45. The minimum Gasteiger partial charge on any atom is -0.454 e. The number of nitrogens with zero attached hydrogens (tertiary/aromatic N) is 4. The highest BCUT2D eigenvalue weighted by molar-refractivity contribution is 5.95. The zero-order valence-corrected chi connectivity index (χ0v) is 15.1. The van der Waals surface area contributed by atoms with Crippen LogP contribution in [0.5, 0.6) is 11.5 Å². The second-order valence-electron chi connectivity index (χ2n) is 6.87. The summed E-state index contributed by atoms with van der Waals surface area (Å²) in [4.78, 5) is 24.1. The van der Waals surface area contributed by atoms with Crippen LogP contribution in [0.1, 0.15) is 35.4 Å². The van der Waals surface area contributed by atoms with Crippen molar-refractivity contribution in [1.82, 2.24) is 19.4 Å². The molecule has 0 bridgehead atoms. The van der Waals surface area contributed by atoms with Crippen molar-refractivity contribution in [2.75, 3.05) is 19.9 Å². The fraction of sp³-hybridized carbons (Fsp3) is 0.350. The van der Waals surface area contributed by atoms with Crippen molar-refractivity contribution >= 4 is 17.1 Å². The molecule has 0 saturated carbocycles. The lowest BCUT2D eigenvalue weighted by atomic mass is 10.1. The Morgan fingerprint density at radius 3 is 3.04 bits per heavy atom. The van der Waals surface area contributed by atoms with Crippen LogP contribution in [-0.2, 0) is 6.54 Å². The summed E-state index contributed by atoms with van der Waals surface area (Å²) in [7, 11) is 0. The number of amides is 1. The minimum atomic E-state index is 0.0214. The van der Waals surface area contributed by atoms with Crippen LogP contribution >= 0.6 is 0 Å². The van der Waals surface area contributed by atoms with Gasteiger partial charge in [0.05, 0.1) is 0 Å². The molecule has 0 unspecified atom stereocenters. The van der Waals surface area contributed by atoms with Crippen LogP contribution in [0.3, 0.4) is 0 Å². The number of rotatable bonds is 3. The van der Waals surface area contributed by atoms with Gasteiger partial charge in [-0.15, -0.1) is 0 Å². The van der Waals surface area contributed by atoms with Crippen molar-refractivity contribution in [1.29, 1.82) is 0 Å². The van der Waals surface area contributed by atoms with Crippen molar-refractivity contribution in [3.8, 4) is 11.5 Å². The van der Waals surface area contributed by atoms with Gasteiger partial charge in [-0.1, -0.05) is 0 Å². The number of fused-ring (bicyclic) bond motifs is 2. The Kier molecular flexibility index (Phi) is 3.74. The standard InChI is InChI=1S/C20H20N4O3/c1-2-24-18(22-15-4-3-8-21-19(15)24)14-7-9-23(11-14)20(25)13-5-6-16-17(10-13)27-12-26-16/h3-6,8,10,14H,2,7,9,11-12H2,1H3/t14-/m0/s1. The Hall–Kier alpha value is -3.09. The molecule has 0 N–H and O–H groups in total. The van der Waals surface area contributed by atoms with Gasteiger partial charge < -0.3 is 18.9 Å². The molecule has 1 atom stereocenters. The van der Waals surface area contributed by atoms with E-state index >= 15 is 0 Å². The topological polar surface area (TPSA) is 69.5 Å². The van der Waals surface area contributed by atoms with Crippen LogP contribution in [0.25, 0.3) is 11.2 Å². The van der Waals surface area contributed by atoms with E-state index in [1.54, 1.807) is 24.4 Å². The van der Waals surface area contributed by atoms with E-state index in [-0.39, 0.29) is 18.6 Å². The van der Waals surface area contributed by atoms with E-state index in [2.05, 4.69) is 16.5 Å². The molecule has 1 saturated heterocycles. The number of hydrogen-bond acceptors (Lipinski definition) is 5. The lowest BCUT2D eigenvalue weighted by Gasteiger charge is -2.17. The van der Waals surface area contributed by atoms with Crippen molar-refractivity contribution < 1.29 is 14.3 Å². The van der Waals surface area contributed by atoms with E-state index in [4.69, 9.17) is 14.5 Å². The molecule has 3 aromatic rings. The summed E-state index contributed by atoms with van der Waals surface area (Å²) in [5, 5.41) is 0. The number of aromatic nitrogens is 3. The summed E-state index contributed by atoms with van der Waals surface area (Å²) in [6.45, 7) is 4.51. The molecule has 138 valence electrons. The van der Waals surface area contributed by atoms with E-state index in [1.807, 2.05) is 17.0 Å². The molecule has 0 spiro atoms. The Labute approximate surface area is 156 Å². The van der Waals surface area contributed by atoms with Crippen molar-refractivity contribution in [2.45, 2.75) is 25.8 Å². The zero-order chi connectivity index (χ0) is 18.4. The van der Waals surface area contributed by atoms with Crippen LogP contribution < -0.4 is 9.47 Å². The molecule has 1 aromatic carbocycles. The molecule has 27 heavy (non-hydrogen) atoms. The number of hydrogen-bond donors (Lipinski definition) is 0.